The average molecular weight is 290 g/mol. The molecule has 22 heavy (non-hydrogen) atoms. The zero-order valence-electron chi connectivity index (χ0n) is 12.0. The van der Waals surface area contributed by atoms with E-state index in [1.54, 1.807) is 10.8 Å². The Morgan fingerprint density at radius 1 is 1.09 bits per heavy atom. The van der Waals surface area contributed by atoms with E-state index in [0.29, 0.717) is 23.0 Å². The molecule has 4 aromatic rings. The molecule has 5 heteroatoms. The van der Waals surface area contributed by atoms with Crippen molar-refractivity contribution in [3.05, 3.63) is 60.4 Å². The number of aromatic nitrogens is 3. The summed E-state index contributed by atoms with van der Waals surface area (Å²) >= 11 is 0. The van der Waals surface area contributed by atoms with Crippen molar-refractivity contribution in [3.8, 4) is 22.7 Å². The molecule has 108 valence electrons. The molecule has 0 saturated heterocycles. The van der Waals surface area contributed by atoms with E-state index >= 15 is 0 Å². The first-order chi connectivity index (χ1) is 10.7. The second-order valence-corrected chi connectivity index (χ2v) is 5.17. The van der Waals surface area contributed by atoms with Crippen LogP contribution in [-0.4, -0.2) is 14.6 Å². The van der Waals surface area contributed by atoms with Crippen LogP contribution >= 0.6 is 0 Å². The maximum atomic E-state index is 6.14. The van der Waals surface area contributed by atoms with Crippen molar-refractivity contribution in [1.82, 2.24) is 14.6 Å². The molecule has 1 aromatic carbocycles. The summed E-state index contributed by atoms with van der Waals surface area (Å²) in [6.45, 7) is 2.08. The van der Waals surface area contributed by atoms with Crippen molar-refractivity contribution in [3.63, 3.8) is 0 Å². The van der Waals surface area contributed by atoms with E-state index in [4.69, 9.17) is 10.2 Å². The van der Waals surface area contributed by atoms with Crippen molar-refractivity contribution in [2.45, 2.75) is 6.92 Å². The number of hydrogen-bond donors (Lipinski definition) is 1. The Bertz CT molecular complexity index is 954. The molecule has 3 aromatic heterocycles. The maximum absolute atomic E-state index is 6.14. The van der Waals surface area contributed by atoms with Crippen molar-refractivity contribution in [2.75, 3.05) is 5.73 Å². The zero-order valence-corrected chi connectivity index (χ0v) is 12.0. The number of pyridine rings is 1. The van der Waals surface area contributed by atoms with Gasteiger partial charge in [-0.3, -0.25) is 0 Å². The minimum absolute atomic E-state index is 0.527. The zero-order chi connectivity index (χ0) is 15.1. The van der Waals surface area contributed by atoms with Gasteiger partial charge in [-0.25, -0.2) is 4.98 Å². The molecule has 4 rings (SSSR count). The summed E-state index contributed by atoms with van der Waals surface area (Å²) < 4.78 is 6.97. The molecule has 5 nitrogen and oxygen atoms in total. The molecular formula is C17H14N4O. The average Bonchev–Trinajstić information content (AvgIpc) is 3.16. The predicted octanol–water partition coefficient (Wildman–Crippen LogP) is 3.55. The van der Waals surface area contributed by atoms with Crippen LogP contribution < -0.4 is 5.73 Å². The van der Waals surface area contributed by atoms with Crippen LogP contribution in [-0.2, 0) is 0 Å². The van der Waals surface area contributed by atoms with E-state index in [-0.39, 0.29) is 0 Å². The largest absolute Gasteiger partial charge is 0.461 e. The van der Waals surface area contributed by atoms with Gasteiger partial charge in [0.25, 0.3) is 0 Å². The van der Waals surface area contributed by atoms with Gasteiger partial charge in [0.2, 0.25) is 5.82 Å². The third kappa shape index (κ3) is 1.95. The maximum Gasteiger partial charge on any atom is 0.217 e. The summed E-state index contributed by atoms with van der Waals surface area (Å²) in [5.74, 6) is 1.69. The highest BCUT2D eigenvalue weighted by Crippen LogP contribution is 2.27. The molecule has 2 N–H and O–H groups in total. The van der Waals surface area contributed by atoms with E-state index < -0.39 is 0 Å². The van der Waals surface area contributed by atoms with Gasteiger partial charge in [-0.2, -0.15) is 4.52 Å². The molecule has 0 fully saturated rings. The van der Waals surface area contributed by atoms with Gasteiger partial charge < -0.3 is 10.2 Å². The second kappa shape index (κ2) is 4.73. The lowest BCUT2D eigenvalue weighted by atomic mass is 10.0. The molecule has 0 aliphatic carbocycles. The lowest BCUT2D eigenvalue weighted by Crippen LogP contribution is -1.99. The third-order valence-corrected chi connectivity index (χ3v) is 3.66. The number of hydrogen-bond acceptors (Lipinski definition) is 4. The van der Waals surface area contributed by atoms with Crippen LogP contribution in [0.5, 0.6) is 0 Å². The van der Waals surface area contributed by atoms with Crippen molar-refractivity contribution >= 4 is 11.5 Å². The van der Waals surface area contributed by atoms with Gasteiger partial charge in [0, 0.05) is 0 Å². The van der Waals surface area contributed by atoms with Gasteiger partial charge in [0.15, 0.2) is 11.4 Å². The minimum atomic E-state index is 0.527. The Morgan fingerprint density at radius 2 is 1.95 bits per heavy atom. The van der Waals surface area contributed by atoms with Crippen LogP contribution in [0.15, 0.2) is 59.2 Å². The van der Waals surface area contributed by atoms with Crippen LogP contribution in [0.3, 0.4) is 0 Å². The fourth-order valence-corrected chi connectivity index (χ4v) is 2.57. The predicted molar refractivity (Wildman–Crippen MR) is 85.3 cm³/mol. The molecule has 0 bridgehead atoms. The number of nitrogens with two attached hydrogens (primary N) is 1. The number of nitrogen functional groups attached to an aromatic ring is 1. The Morgan fingerprint density at radius 3 is 2.73 bits per heavy atom. The summed E-state index contributed by atoms with van der Waals surface area (Å²) in [4.78, 5) is 4.51. The summed E-state index contributed by atoms with van der Waals surface area (Å²) in [6, 6.07) is 15.7. The smallest absolute Gasteiger partial charge is 0.217 e. The van der Waals surface area contributed by atoms with Gasteiger partial charge >= 0.3 is 0 Å². The number of fused-ring (bicyclic) bond motifs is 1. The molecule has 0 aliphatic heterocycles. The van der Waals surface area contributed by atoms with Gasteiger partial charge in [0.1, 0.15) is 5.82 Å². The van der Waals surface area contributed by atoms with Crippen molar-refractivity contribution in [2.24, 2.45) is 0 Å². The van der Waals surface area contributed by atoms with Gasteiger partial charge in [-0.1, -0.05) is 24.3 Å². The molecule has 0 unspecified atom stereocenters. The van der Waals surface area contributed by atoms with Crippen LogP contribution in [0.2, 0.25) is 0 Å². The number of anilines is 1. The van der Waals surface area contributed by atoms with Crippen LogP contribution in [0.1, 0.15) is 5.56 Å². The number of nitrogens with zero attached hydrogens (tertiary/aromatic N) is 3. The molecule has 0 atom stereocenters. The molecule has 0 radical (unpaired) electrons. The van der Waals surface area contributed by atoms with Gasteiger partial charge in [0.05, 0.1) is 6.26 Å². The lowest BCUT2D eigenvalue weighted by Gasteiger charge is -2.07. The Hall–Kier alpha value is -3.08. The van der Waals surface area contributed by atoms with E-state index in [1.807, 2.05) is 36.4 Å². The third-order valence-electron chi connectivity index (χ3n) is 3.66. The number of aryl methyl sites for hydroxylation is 1. The van der Waals surface area contributed by atoms with E-state index in [2.05, 4.69) is 29.1 Å². The van der Waals surface area contributed by atoms with Gasteiger partial charge in [-0.15, -0.1) is 5.10 Å². The lowest BCUT2D eigenvalue weighted by molar-refractivity contribution is 0.577. The Balaban J connectivity index is 1.91. The normalized spacial score (nSPS) is 11.1. The summed E-state index contributed by atoms with van der Waals surface area (Å²) in [5, 5.41) is 4.40. The standard InChI is InChI=1S/C17H14N4O/c1-11-5-2-3-6-13(11)12-9-15(18)21-16(10-12)19-17(20-21)14-7-4-8-22-14/h2-10H,18H2,1H3. The first-order valence-corrected chi connectivity index (χ1v) is 6.98. The van der Waals surface area contributed by atoms with Gasteiger partial charge in [-0.05, 0) is 47.9 Å². The van der Waals surface area contributed by atoms with Crippen LogP contribution in [0.4, 0.5) is 5.82 Å². The van der Waals surface area contributed by atoms with E-state index in [0.717, 1.165) is 11.1 Å². The Labute approximate surface area is 127 Å². The molecule has 0 saturated carbocycles. The SMILES string of the molecule is Cc1ccccc1-c1cc(N)n2nc(-c3ccco3)nc2c1. The quantitative estimate of drug-likeness (QED) is 0.613. The molecule has 0 spiro atoms. The first kappa shape index (κ1) is 12.6. The summed E-state index contributed by atoms with van der Waals surface area (Å²) in [5.41, 5.74) is 10.2. The summed E-state index contributed by atoms with van der Waals surface area (Å²) in [7, 11) is 0. The molecule has 0 amide bonds. The molecule has 0 aliphatic rings. The second-order valence-electron chi connectivity index (χ2n) is 5.17. The van der Waals surface area contributed by atoms with E-state index in [9.17, 15) is 0 Å². The highest BCUT2D eigenvalue weighted by molar-refractivity contribution is 5.74. The number of benzene rings is 1. The van der Waals surface area contributed by atoms with Crippen LogP contribution in [0, 0.1) is 6.92 Å². The highest BCUT2D eigenvalue weighted by Gasteiger charge is 2.12. The fourth-order valence-electron chi connectivity index (χ4n) is 2.57. The fraction of sp³-hybridized carbons (Fsp3) is 0.0588. The van der Waals surface area contributed by atoms with E-state index in [1.165, 1.54) is 5.56 Å². The first-order valence-electron chi connectivity index (χ1n) is 6.98. The highest BCUT2D eigenvalue weighted by atomic mass is 16.3. The minimum Gasteiger partial charge on any atom is -0.461 e. The topological polar surface area (TPSA) is 69.3 Å². The summed E-state index contributed by atoms with van der Waals surface area (Å²) in [6.07, 6.45) is 1.60. The molecular weight excluding hydrogens is 276 g/mol. The van der Waals surface area contributed by atoms with Crippen molar-refractivity contribution in [1.29, 1.82) is 0 Å². The number of rotatable bonds is 2. The monoisotopic (exact) mass is 290 g/mol. The van der Waals surface area contributed by atoms with Crippen LogP contribution in [0.25, 0.3) is 28.4 Å². The van der Waals surface area contributed by atoms with Crippen molar-refractivity contribution < 1.29 is 4.42 Å². The molecule has 3 heterocycles. The Kier molecular flexibility index (Phi) is 2.72. The number of furan rings is 1.